The zero-order valence-corrected chi connectivity index (χ0v) is 16.2. The van der Waals surface area contributed by atoms with Crippen LogP contribution in [0.3, 0.4) is 0 Å². The van der Waals surface area contributed by atoms with Crippen molar-refractivity contribution >= 4 is 22.8 Å². The summed E-state index contributed by atoms with van der Waals surface area (Å²) in [5.41, 5.74) is 0.806. The largest absolute Gasteiger partial charge is 0.382 e. The van der Waals surface area contributed by atoms with Crippen LogP contribution in [0, 0.1) is 5.41 Å². The lowest BCUT2D eigenvalue weighted by Gasteiger charge is -2.35. The summed E-state index contributed by atoms with van der Waals surface area (Å²) in [5.74, 6) is -0.362. The predicted molar refractivity (Wildman–Crippen MR) is 99.9 cm³/mol. The number of rotatable bonds is 5. The molecule has 1 amide bonds. The average Bonchev–Trinajstić information content (AvgIpc) is 2.95. The fourth-order valence-electron chi connectivity index (χ4n) is 3.02. The first-order valence-electron chi connectivity index (χ1n) is 8.97. The van der Waals surface area contributed by atoms with E-state index in [1.165, 1.54) is 4.73 Å². The molecule has 0 unspecified atom stereocenters. The highest BCUT2D eigenvalue weighted by molar-refractivity contribution is 5.83. The van der Waals surface area contributed by atoms with E-state index >= 15 is 0 Å². The Morgan fingerprint density at radius 2 is 2.19 bits per heavy atom. The SMILES string of the molecule is COC[C@H]1CNCC(=O)N1Cc1cc2cnccc2n1OC(=O)C(C)(C)C. The van der Waals surface area contributed by atoms with E-state index < -0.39 is 5.41 Å². The molecule has 1 N–H and O–H groups in total. The number of ether oxygens (including phenoxy) is 1. The molecule has 146 valence electrons. The second kappa shape index (κ2) is 7.66. The summed E-state index contributed by atoms with van der Waals surface area (Å²) in [6.07, 6.45) is 3.36. The van der Waals surface area contributed by atoms with Gasteiger partial charge in [0.25, 0.3) is 0 Å². The first-order chi connectivity index (χ1) is 12.8. The molecule has 1 aliphatic heterocycles. The van der Waals surface area contributed by atoms with Crippen molar-refractivity contribution in [1.29, 1.82) is 0 Å². The van der Waals surface area contributed by atoms with Crippen LogP contribution in [-0.4, -0.2) is 59.3 Å². The number of carbonyl (C=O) groups excluding carboxylic acids is 2. The molecule has 8 heteroatoms. The van der Waals surface area contributed by atoms with Gasteiger partial charge in [0, 0.05) is 31.4 Å². The Balaban J connectivity index is 1.96. The maximum absolute atomic E-state index is 12.5. The summed E-state index contributed by atoms with van der Waals surface area (Å²) in [5, 5.41) is 3.95. The maximum atomic E-state index is 12.5. The van der Waals surface area contributed by atoms with Gasteiger partial charge in [0.1, 0.15) is 0 Å². The number of piperazine rings is 1. The van der Waals surface area contributed by atoms with Gasteiger partial charge in [-0.05, 0) is 32.9 Å². The fraction of sp³-hybridized carbons (Fsp3) is 0.526. The van der Waals surface area contributed by atoms with E-state index in [0.29, 0.717) is 25.4 Å². The minimum absolute atomic E-state index is 0.0135. The topological polar surface area (TPSA) is 85.7 Å². The third-order valence-electron chi connectivity index (χ3n) is 4.52. The molecule has 27 heavy (non-hydrogen) atoms. The van der Waals surface area contributed by atoms with E-state index in [4.69, 9.17) is 9.57 Å². The Morgan fingerprint density at radius 1 is 1.41 bits per heavy atom. The number of amides is 1. The minimum Gasteiger partial charge on any atom is -0.382 e. The lowest BCUT2D eigenvalue weighted by atomic mass is 9.98. The van der Waals surface area contributed by atoms with Crippen LogP contribution in [0.15, 0.2) is 24.5 Å². The van der Waals surface area contributed by atoms with E-state index in [2.05, 4.69) is 10.3 Å². The van der Waals surface area contributed by atoms with Crippen LogP contribution >= 0.6 is 0 Å². The van der Waals surface area contributed by atoms with Crippen LogP contribution < -0.4 is 10.2 Å². The lowest BCUT2D eigenvalue weighted by molar-refractivity contribution is -0.153. The van der Waals surface area contributed by atoms with Crippen molar-refractivity contribution in [3.8, 4) is 0 Å². The molecule has 1 atom stereocenters. The third kappa shape index (κ3) is 4.12. The highest BCUT2D eigenvalue weighted by Gasteiger charge is 2.30. The van der Waals surface area contributed by atoms with Crippen LogP contribution in [0.2, 0.25) is 0 Å². The Labute approximate surface area is 158 Å². The first kappa shape index (κ1) is 19.3. The molecule has 0 spiro atoms. The predicted octanol–water partition coefficient (Wildman–Crippen LogP) is 0.984. The number of nitrogens with one attached hydrogen (secondary N) is 1. The van der Waals surface area contributed by atoms with Gasteiger partial charge in [0.05, 0.1) is 42.4 Å². The second-order valence-electron chi connectivity index (χ2n) is 7.75. The minimum atomic E-state index is -0.648. The molecular weight excluding hydrogens is 348 g/mol. The molecule has 1 aliphatic rings. The van der Waals surface area contributed by atoms with Crippen LogP contribution in [0.1, 0.15) is 26.5 Å². The van der Waals surface area contributed by atoms with Gasteiger partial charge in [0.15, 0.2) is 0 Å². The highest BCUT2D eigenvalue weighted by atomic mass is 16.7. The van der Waals surface area contributed by atoms with Crippen LogP contribution in [0.4, 0.5) is 0 Å². The number of hydrogen-bond donors (Lipinski definition) is 1. The van der Waals surface area contributed by atoms with Crippen molar-refractivity contribution in [1.82, 2.24) is 19.9 Å². The van der Waals surface area contributed by atoms with Crippen molar-refractivity contribution < 1.29 is 19.2 Å². The summed E-state index contributed by atoms with van der Waals surface area (Å²) in [4.78, 5) is 36.6. The van der Waals surface area contributed by atoms with Gasteiger partial charge >= 0.3 is 5.97 Å². The van der Waals surface area contributed by atoms with Crippen molar-refractivity contribution in [2.45, 2.75) is 33.4 Å². The van der Waals surface area contributed by atoms with Crippen molar-refractivity contribution in [2.24, 2.45) is 5.41 Å². The summed E-state index contributed by atoms with van der Waals surface area (Å²) in [6, 6.07) is 3.61. The van der Waals surface area contributed by atoms with Crippen molar-refractivity contribution in [3.05, 3.63) is 30.2 Å². The molecule has 0 bridgehead atoms. The molecule has 0 radical (unpaired) electrons. The molecule has 1 saturated heterocycles. The Hall–Kier alpha value is -2.45. The van der Waals surface area contributed by atoms with E-state index in [0.717, 1.165) is 10.9 Å². The van der Waals surface area contributed by atoms with Crippen LogP contribution in [-0.2, 0) is 20.9 Å². The monoisotopic (exact) mass is 374 g/mol. The third-order valence-corrected chi connectivity index (χ3v) is 4.52. The van der Waals surface area contributed by atoms with Gasteiger partial charge in [-0.25, -0.2) is 4.79 Å². The van der Waals surface area contributed by atoms with Crippen molar-refractivity contribution in [3.63, 3.8) is 0 Å². The zero-order chi connectivity index (χ0) is 19.6. The van der Waals surface area contributed by atoms with Gasteiger partial charge in [0.2, 0.25) is 5.91 Å². The average molecular weight is 374 g/mol. The molecule has 3 rings (SSSR count). The zero-order valence-electron chi connectivity index (χ0n) is 16.2. The van der Waals surface area contributed by atoms with Gasteiger partial charge in [-0.15, -0.1) is 0 Å². The molecule has 0 aromatic carbocycles. The van der Waals surface area contributed by atoms with Gasteiger partial charge in [-0.2, -0.15) is 4.73 Å². The number of nitrogens with zero attached hydrogens (tertiary/aromatic N) is 3. The quantitative estimate of drug-likeness (QED) is 0.840. The number of hydrogen-bond acceptors (Lipinski definition) is 6. The second-order valence-corrected chi connectivity index (χ2v) is 7.75. The Morgan fingerprint density at radius 3 is 2.89 bits per heavy atom. The standard InChI is InChI=1S/C19H26N4O4/c1-19(2,3)18(25)27-23-14(7-13-8-20-6-5-16(13)23)11-22-15(12-26-4)9-21-10-17(22)24/h5-8,15,21H,9-12H2,1-4H3/t15-/m1/s1. The van der Waals surface area contributed by atoms with Crippen molar-refractivity contribution in [2.75, 3.05) is 26.8 Å². The number of fused-ring (bicyclic) bond motifs is 1. The van der Waals surface area contributed by atoms with Crippen LogP contribution in [0.5, 0.6) is 0 Å². The van der Waals surface area contributed by atoms with Gasteiger partial charge in [-0.1, -0.05) is 0 Å². The van der Waals surface area contributed by atoms with E-state index in [-0.39, 0.29) is 24.5 Å². The van der Waals surface area contributed by atoms with Gasteiger partial charge < -0.3 is 19.8 Å². The normalized spacial score (nSPS) is 18.1. The molecule has 3 heterocycles. The number of aromatic nitrogens is 2. The smallest absolute Gasteiger partial charge is 0.338 e. The molecule has 8 nitrogen and oxygen atoms in total. The molecule has 2 aromatic rings. The Kier molecular flexibility index (Phi) is 5.48. The number of pyridine rings is 1. The van der Waals surface area contributed by atoms with E-state index in [1.54, 1.807) is 51.2 Å². The maximum Gasteiger partial charge on any atom is 0.338 e. The highest BCUT2D eigenvalue weighted by Crippen LogP contribution is 2.22. The molecular formula is C19H26N4O4. The number of methoxy groups -OCH3 is 1. The number of carbonyl (C=O) groups is 2. The lowest BCUT2D eigenvalue weighted by Crippen LogP contribution is -2.56. The van der Waals surface area contributed by atoms with Gasteiger partial charge in [-0.3, -0.25) is 9.78 Å². The first-order valence-corrected chi connectivity index (χ1v) is 8.97. The molecule has 0 aliphatic carbocycles. The molecule has 2 aromatic heterocycles. The summed E-state index contributed by atoms with van der Waals surface area (Å²) in [7, 11) is 1.62. The Bertz CT molecular complexity index is 838. The molecule has 0 saturated carbocycles. The summed E-state index contributed by atoms with van der Waals surface area (Å²) < 4.78 is 6.78. The van der Waals surface area contributed by atoms with E-state index in [9.17, 15) is 9.59 Å². The summed E-state index contributed by atoms with van der Waals surface area (Å²) in [6.45, 7) is 7.10. The van der Waals surface area contributed by atoms with E-state index in [1.807, 2.05) is 6.07 Å². The van der Waals surface area contributed by atoms with Crippen LogP contribution in [0.25, 0.3) is 10.9 Å². The molecule has 1 fully saturated rings. The fourth-order valence-corrected chi connectivity index (χ4v) is 3.02. The summed E-state index contributed by atoms with van der Waals surface area (Å²) >= 11 is 0.